The molecular formula is C15H11F3N4O6. The van der Waals surface area contributed by atoms with Gasteiger partial charge in [0.25, 0.3) is 5.69 Å². The average Bonchev–Trinajstić information content (AvgIpc) is 2.61. The van der Waals surface area contributed by atoms with Crippen molar-refractivity contribution < 1.29 is 32.9 Å². The number of hydrazone groups is 1. The fourth-order valence-electron chi connectivity index (χ4n) is 2.11. The van der Waals surface area contributed by atoms with Crippen LogP contribution in [0.5, 0.6) is 11.5 Å². The van der Waals surface area contributed by atoms with E-state index in [1.165, 1.54) is 13.2 Å². The van der Waals surface area contributed by atoms with Crippen LogP contribution in [-0.4, -0.2) is 28.3 Å². The minimum atomic E-state index is -4.76. The number of hydrogen-bond acceptors (Lipinski definition) is 8. The third-order valence-electron chi connectivity index (χ3n) is 3.41. The maximum atomic E-state index is 12.7. The van der Waals surface area contributed by atoms with E-state index in [0.29, 0.717) is 12.1 Å². The topological polar surface area (TPSA) is 140 Å². The number of nitro benzene ring substituents is 2. The van der Waals surface area contributed by atoms with Gasteiger partial charge in [0.15, 0.2) is 5.75 Å². The molecule has 0 fully saturated rings. The molecule has 0 aliphatic rings. The van der Waals surface area contributed by atoms with Crippen LogP contribution >= 0.6 is 0 Å². The number of methoxy groups -OCH3 is 1. The van der Waals surface area contributed by atoms with Crippen LogP contribution in [0, 0.1) is 20.2 Å². The number of anilines is 1. The predicted octanol–water partition coefficient (Wildman–Crippen LogP) is 3.68. The largest absolute Gasteiger partial charge is 0.500 e. The van der Waals surface area contributed by atoms with Crippen molar-refractivity contribution in [1.29, 1.82) is 0 Å². The molecule has 0 spiro atoms. The molecule has 0 atom stereocenters. The second-order valence-electron chi connectivity index (χ2n) is 5.20. The number of phenolic OH excluding ortho intramolecular Hbond substituents is 1. The lowest BCUT2D eigenvalue weighted by Crippen LogP contribution is -2.06. The Hall–Kier alpha value is -3.90. The van der Waals surface area contributed by atoms with Crippen LogP contribution in [0.3, 0.4) is 0 Å². The normalized spacial score (nSPS) is 11.4. The molecule has 0 radical (unpaired) electrons. The summed E-state index contributed by atoms with van der Waals surface area (Å²) < 4.78 is 42.9. The molecule has 28 heavy (non-hydrogen) atoms. The zero-order chi connectivity index (χ0) is 21.1. The van der Waals surface area contributed by atoms with Gasteiger partial charge >= 0.3 is 11.9 Å². The quantitative estimate of drug-likeness (QED) is 0.428. The minimum Gasteiger partial charge on any atom is -0.500 e. The lowest BCUT2D eigenvalue weighted by molar-refractivity contribution is -0.386. The van der Waals surface area contributed by atoms with Crippen LogP contribution in [0.1, 0.15) is 11.1 Å². The molecule has 10 nitrogen and oxygen atoms in total. The highest BCUT2D eigenvalue weighted by molar-refractivity contribution is 5.84. The van der Waals surface area contributed by atoms with Crippen molar-refractivity contribution in [2.75, 3.05) is 12.5 Å². The van der Waals surface area contributed by atoms with Gasteiger partial charge in [0.2, 0.25) is 5.75 Å². The van der Waals surface area contributed by atoms with Crippen molar-refractivity contribution in [3.8, 4) is 11.5 Å². The highest BCUT2D eigenvalue weighted by atomic mass is 19.4. The SMILES string of the molecule is COc1cc(/C=N\Nc2ccc(C(F)(F)F)cc2[N+](=O)[O-])cc([N+](=O)[O-])c1O. The van der Waals surface area contributed by atoms with E-state index >= 15 is 0 Å². The van der Waals surface area contributed by atoms with E-state index in [0.717, 1.165) is 18.3 Å². The molecule has 2 aromatic carbocycles. The Labute approximate surface area is 154 Å². The molecule has 13 heteroatoms. The van der Waals surface area contributed by atoms with Crippen molar-refractivity contribution in [2.24, 2.45) is 5.10 Å². The van der Waals surface area contributed by atoms with E-state index in [4.69, 9.17) is 4.74 Å². The molecule has 0 unspecified atom stereocenters. The Morgan fingerprint density at radius 2 is 1.79 bits per heavy atom. The summed E-state index contributed by atoms with van der Waals surface area (Å²) in [4.78, 5) is 20.1. The number of hydrogen-bond donors (Lipinski definition) is 2. The highest BCUT2D eigenvalue weighted by Crippen LogP contribution is 2.37. The first-order chi connectivity index (χ1) is 13.0. The van der Waals surface area contributed by atoms with E-state index < -0.39 is 38.7 Å². The first-order valence-electron chi connectivity index (χ1n) is 7.24. The lowest BCUT2D eigenvalue weighted by atomic mass is 10.1. The number of ether oxygens (including phenoxy) is 1. The molecule has 0 aliphatic heterocycles. The molecule has 0 saturated carbocycles. The van der Waals surface area contributed by atoms with Crippen LogP contribution in [0.15, 0.2) is 35.4 Å². The van der Waals surface area contributed by atoms with Gasteiger partial charge in [-0.05, 0) is 18.2 Å². The Morgan fingerprint density at radius 1 is 1.14 bits per heavy atom. The van der Waals surface area contributed by atoms with E-state index in [1.54, 1.807) is 0 Å². The Morgan fingerprint density at radius 3 is 2.32 bits per heavy atom. The second-order valence-corrected chi connectivity index (χ2v) is 5.20. The zero-order valence-corrected chi connectivity index (χ0v) is 13.9. The molecule has 0 saturated heterocycles. The van der Waals surface area contributed by atoms with Crippen LogP contribution < -0.4 is 10.2 Å². The summed E-state index contributed by atoms with van der Waals surface area (Å²) >= 11 is 0. The molecule has 148 valence electrons. The number of nitrogens with one attached hydrogen (secondary N) is 1. The van der Waals surface area contributed by atoms with E-state index in [-0.39, 0.29) is 17.0 Å². The van der Waals surface area contributed by atoms with Gasteiger partial charge in [0.1, 0.15) is 5.69 Å². The standard InChI is InChI=1S/C15H11F3N4O6/c1-28-13-5-8(4-12(14(13)23)22(26)27)7-19-20-10-3-2-9(15(16,17)18)6-11(10)21(24)25/h2-7,20,23H,1H3/b19-7-. The first kappa shape index (κ1) is 20.4. The number of benzene rings is 2. The van der Waals surface area contributed by atoms with Crippen LogP contribution in [0.4, 0.5) is 30.2 Å². The number of phenols is 1. The summed E-state index contributed by atoms with van der Waals surface area (Å²) in [5.41, 5.74) is -0.755. The third kappa shape index (κ3) is 4.44. The predicted molar refractivity (Wildman–Crippen MR) is 90.6 cm³/mol. The maximum Gasteiger partial charge on any atom is 0.416 e. The number of halogens is 3. The molecule has 0 aliphatic carbocycles. The first-order valence-corrected chi connectivity index (χ1v) is 7.24. The summed E-state index contributed by atoms with van der Waals surface area (Å²) in [6.45, 7) is 0. The minimum absolute atomic E-state index is 0.0865. The smallest absolute Gasteiger partial charge is 0.416 e. The zero-order valence-electron chi connectivity index (χ0n) is 13.9. The summed E-state index contributed by atoms with van der Waals surface area (Å²) in [5, 5.41) is 35.2. The fourth-order valence-corrected chi connectivity index (χ4v) is 2.11. The van der Waals surface area contributed by atoms with Gasteiger partial charge in [-0.3, -0.25) is 25.7 Å². The Bertz CT molecular complexity index is 962. The Kier molecular flexibility index (Phi) is 5.67. The summed E-state index contributed by atoms with van der Waals surface area (Å²) in [5.74, 6) is -0.910. The van der Waals surface area contributed by atoms with Gasteiger partial charge in [0, 0.05) is 17.7 Å². The molecule has 0 bridgehead atoms. The van der Waals surface area contributed by atoms with Crippen molar-refractivity contribution in [2.45, 2.75) is 6.18 Å². The monoisotopic (exact) mass is 400 g/mol. The van der Waals surface area contributed by atoms with Gasteiger partial charge in [-0.2, -0.15) is 18.3 Å². The number of rotatable bonds is 6. The molecule has 0 aromatic heterocycles. The second kappa shape index (κ2) is 7.77. The van der Waals surface area contributed by atoms with Crippen LogP contribution in [0.2, 0.25) is 0 Å². The van der Waals surface area contributed by atoms with Crippen molar-refractivity contribution >= 4 is 23.3 Å². The molecule has 0 amide bonds. The number of alkyl halides is 3. The number of nitro groups is 2. The summed E-state index contributed by atoms with van der Waals surface area (Å²) in [6.07, 6.45) is -3.75. The van der Waals surface area contributed by atoms with Gasteiger partial charge in [0.05, 0.1) is 28.7 Å². The van der Waals surface area contributed by atoms with E-state index in [1.807, 2.05) is 0 Å². The molecule has 2 rings (SSSR count). The summed E-state index contributed by atoms with van der Waals surface area (Å²) in [6, 6.07) is 3.99. The fraction of sp³-hybridized carbons (Fsp3) is 0.133. The van der Waals surface area contributed by atoms with Gasteiger partial charge in [-0.15, -0.1) is 0 Å². The highest BCUT2D eigenvalue weighted by Gasteiger charge is 2.33. The van der Waals surface area contributed by atoms with Crippen LogP contribution in [0.25, 0.3) is 0 Å². The van der Waals surface area contributed by atoms with Crippen molar-refractivity contribution in [3.05, 3.63) is 61.7 Å². The van der Waals surface area contributed by atoms with E-state index in [2.05, 4.69) is 10.5 Å². The van der Waals surface area contributed by atoms with Gasteiger partial charge in [-0.25, -0.2) is 0 Å². The van der Waals surface area contributed by atoms with Crippen LogP contribution in [-0.2, 0) is 6.18 Å². The lowest BCUT2D eigenvalue weighted by Gasteiger charge is -2.08. The van der Waals surface area contributed by atoms with Gasteiger partial charge in [-0.1, -0.05) is 0 Å². The summed E-state index contributed by atoms with van der Waals surface area (Å²) in [7, 11) is 1.17. The molecule has 2 N–H and O–H groups in total. The van der Waals surface area contributed by atoms with Crippen molar-refractivity contribution in [3.63, 3.8) is 0 Å². The van der Waals surface area contributed by atoms with E-state index in [9.17, 15) is 38.5 Å². The number of nitrogens with zero attached hydrogens (tertiary/aromatic N) is 3. The molecular weight excluding hydrogens is 389 g/mol. The average molecular weight is 400 g/mol. The molecule has 0 heterocycles. The molecule has 2 aromatic rings. The van der Waals surface area contributed by atoms with Crippen molar-refractivity contribution in [1.82, 2.24) is 0 Å². The number of aromatic hydroxyl groups is 1. The Balaban J connectivity index is 2.34. The maximum absolute atomic E-state index is 12.7. The third-order valence-corrected chi connectivity index (χ3v) is 3.41. The van der Waals surface area contributed by atoms with Gasteiger partial charge < -0.3 is 9.84 Å².